The lowest BCUT2D eigenvalue weighted by molar-refractivity contribution is 0.0452. The van der Waals surface area contributed by atoms with Gasteiger partial charge < -0.3 is 4.74 Å². The maximum absolute atomic E-state index is 11.9. The molecule has 0 aromatic heterocycles. The van der Waals surface area contributed by atoms with Gasteiger partial charge in [-0.05, 0) is 44.1 Å². The summed E-state index contributed by atoms with van der Waals surface area (Å²) in [5.74, 6) is -0.265. The van der Waals surface area contributed by atoms with E-state index >= 15 is 0 Å². The molecule has 0 unspecified atom stereocenters. The predicted octanol–water partition coefficient (Wildman–Crippen LogP) is 3.85. The van der Waals surface area contributed by atoms with E-state index in [0.29, 0.717) is 12.2 Å². The summed E-state index contributed by atoms with van der Waals surface area (Å²) >= 11 is 6.73. The van der Waals surface area contributed by atoms with Crippen LogP contribution < -0.4 is 0 Å². The lowest BCUT2D eigenvalue weighted by Gasteiger charge is -2.25. The topological polar surface area (TPSA) is 29.5 Å². The van der Waals surface area contributed by atoms with E-state index < -0.39 is 0 Å². The Morgan fingerprint density at radius 2 is 1.74 bits per heavy atom. The third-order valence-corrected chi connectivity index (χ3v) is 4.10. The Morgan fingerprint density at radius 3 is 2.37 bits per heavy atom. The summed E-state index contributed by atoms with van der Waals surface area (Å²) in [6.45, 7) is 3.55. The number of rotatable bonds is 4. The second kappa shape index (κ2) is 7.41. The average Bonchev–Trinajstić information content (AvgIpc) is 2.38. The zero-order valence-electron chi connectivity index (χ0n) is 10.7. The number of esters is 1. The highest BCUT2D eigenvalue weighted by Gasteiger charge is 2.12. The van der Waals surface area contributed by atoms with E-state index in [4.69, 9.17) is 4.74 Å². The molecule has 1 aromatic carbocycles. The zero-order valence-corrected chi connectivity index (χ0v) is 13.9. The first-order chi connectivity index (χ1) is 9.15. The number of benzene rings is 1. The minimum absolute atomic E-state index is 0.265. The Labute approximate surface area is 130 Å². The highest BCUT2D eigenvalue weighted by molar-refractivity contribution is 9.11. The van der Waals surface area contributed by atoms with Gasteiger partial charge in [0.25, 0.3) is 0 Å². The van der Waals surface area contributed by atoms with Gasteiger partial charge in [-0.3, -0.25) is 4.90 Å². The number of piperidine rings is 1. The molecular weight excluding hydrogens is 374 g/mol. The molecule has 0 atom stereocenters. The van der Waals surface area contributed by atoms with Crippen LogP contribution in [0, 0.1) is 0 Å². The van der Waals surface area contributed by atoms with E-state index in [1.165, 1.54) is 19.3 Å². The third-order valence-electron chi connectivity index (χ3n) is 3.19. The SMILES string of the molecule is O=C(OCCN1CCCCC1)c1cc(Br)cc(Br)c1. The molecule has 0 spiro atoms. The van der Waals surface area contributed by atoms with Crippen LogP contribution in [0.5, 0.6) is 0 Å². The number of nitrogens with zero attached hydrogens (tertiary/aromatic N) is 1. The lowest BCUT2D eigenvalue weighted by atomic mass is 10.1. The summed E-state index contributed by atoms with van der Waals surface area (Å²) in [4.78, 5) is 14.3. The Morgan fingerprint density at radius 1 is 1.11 bits per heavy atom. The summed E-state index contributed by atoms with van der Waals surface area (Å²) in [7, 11) is 0. The van der Waals surface area contributed by atoms with Crippen LogP contribution >= 0.6 is 31.9 Å². The van der Waals surface area contributed by atoms with E-state index in [1.807, 2.05) is 6.07 Å². The second-order valence-corrected chi connectivity index (χ2v) is 6.53. The molecule has 0 radical (unpaired) electrons. The van der Waals surface area contributed by atoms with Crippen molar-refractivity contribution in [3.63, 3.8) is 0 Å². The van der Waals surface area contributed by atoms with E-state index in [1.54, 1.807) is 12.1 Å². The van der Waals surface area contributed by atoms with Gasteiger partial charge in [0.15, 0.2) is 0 Å². The molecule has 0 aliphatic carbocycles. The van der Waals surface area contributed by atoms with Gasteiger partial charge in [0.05, 0.1) is 5.56 Å². The predicted molar refractivity (Wildman–Crippen MR) is 82.4 cm³/mol. The highest BCUT2D eigenvalue weighted by atomic mass is 79.9. The summed E-state index contributed by atoms with van der Waals surface area (Å²) < 4.78 is 7.05. The van der Waals surface area contributed by atoms with Crippen molar-refractivity contribution >= 4 is 37.8 Å². The van der Waals surface area contributed by atoms with Crippen LogP contribution in [0.3, 0.4) is 0 Å². The van der Waals surface area contributed by atoms with Crippen LogP contribution in [0.25, 0.3) is 0 Å². The molecule has 3 nitrogen and oxygen atoms in total. The van der Waals surface area contributed by atoms with Gasteiger partial charge in [-0.2, -0.15) is 0 Å². The molecule has 1 fully saturated rings. The molecule has 0 saturated carbocycles. The van der Waals surface area contributed by atoms with E-state index in [9.17, 15) is 4.79 Å². The van der Waals surface area contributed by atoms with Crippen molar-refractivity contribution in [2.75, 3.05) is 26.2 Å². The first kappa shape index (κ1) is 15.0. The Bertz CT molecular complexity index is 425. The van der Waals surface area contributed by atoms with E-state index in [-0.39, 0.29) is 5.97 Å². The van der Waals surface area contributed by atoms with E-state index in [2.05, 4.69) is 36.8 Å². The monoisotopic (exact) mass is 389 g/mol. The van der Waals surface area contributed by atoms with Gasteiger partial charge in [0.1, 0.15) is 6.61 Å². The van der Waals surface area contributed by atoms with Crippen molar-refractivity contribution in [2.45, 2.75) is 19.3 Å². The summed E-state index contributed by atoms with van der Waals surface area (Å²) in [5, 5.41) is 0. The number of halogens is 2. The quantitative estimate of drug-likeness (QED) is 0.731. The molecule has 1 aromatic rings. The zero-order chi connectivity index (χ0) is 13.7. The normalized spacial score (nSPS) is 16.3. The Kier molecular flexibility index (Phi) is 5.85. The highest BCUT2D eigenvalue weighted by Crippen LogP contribution is 2.20. The van der Waals surface area contributed by atoms with Crippen molar-refractivity contribution < 1.29 is 9.53 Å². The molecule has 2 rings (SSSR count). The van der Waals surface area contributed by atoms with Crippen molar-refractivity contribution in [2.24, 2.45) is 0 Å². The van der Waals surface area contributed by atoms with Crippen LogP contribution in [0.4, 0.5) is 0 Å². The Hall–Kier alpha value is -0.390. The van der Waals surface area contributed by atoms with Crippen LogP contribution in [-0.4, -0.2) is 37.1 Å². The minimum Gasteiger partial charge on any atom is -0.461 e. The number of hydrogen-bond donors (Lipinski definition) is 0. The van der Waals surface area contributed by atoms with Crippen LogP contribution in [0.15, 0.2) is 27.1 Å². The smallest absolute Gasteiger partial charge is 0.338 e. The van der Waals surface area contributed by atoms with Crippen molar-refractivity contribution in [3.05, 3.63) is 32.7 Å². The number of carbonyl (C=O) groups is 1. The molecule has 19 heavy (non-hydrogen) atoms. The van der Waals surface area contributed by atoms with Crippen molar-refractivity contribution in [1.29, 1.82) is 0 Å². The molecule has 0 bridgehead atoms. The van der Waals surface area contributed by atoms with Crippen molar-refractivity contribution in [3.8, 4) is 0 Å². The fourth-order valence-electron chi connectivity index (χ4n) is 2.21. The lowest BCUT2D eigenvalue weighted by Crippen LogP contribution is -2.33. The molecule has 1 aliphatic rings. The molecule has 5 heteroatoms. The van der Waals surface area contributed by atoms with Gasteiger partial charge in [-0.15, -0.1) is 0 Å². The van der Waals surface area contributed by atoms with Gasteiger partial charge in [0, 0.05) is 15.5 Å². The standard InChI is InChI=1S/C14H17Br2NO2/c15-12-8-11(9-13(16)10-12)14(18)19-7-6-17-4-2-1-3-5-17/h8-10H,1-7H2. The molecule has 1 aliphatic heterocycles. The number of ether oxygens (including phenoxy) is 1. The second-order valence-electron chi connectivity index (χ2n) is 4.70. The van der Waals surface area contributed by atoms with Gasteiger partial charge >= 0.3 is 5.97 Å². The van der Waals surface area contributed by atoms with E-state index in [0.717, 1.165) is 28.6 Å². The fraction of sp³-hybridized carbons (Fsp3) is 0.500. The van der Waals surface area contributed by atoms with Crippen LogP contribution in [-0.2, 0) is 4.74 Å². The molecule has 0 amide bonds. The first-order valence-corrected chi connectivity index (χ1v) is 8.09. The molecule has 1 heterocycles. The average molecular weight is 391 g/mol. The maximum Gasteiger partial charge on any atom is 0.338 e. The third kappa shape index (κ3) is 4.89. The Balaban J connectivity index is 1.80. The largest absolute Gasteiger partial charge is 0.461 e. The van der Waals surface area contributed by atoms with Gasteiger partial charge in [0.2, 0.25) is 0 Å². The number of carbonyl (C=O) groups excluding carboxylic acids is 1. The van der Waals surface area contributed by atoms with Gasteiger partial charge in [-0.1, -0.05) is 38.3 Å². The first-order valence-electron chi connectivity index (χ1n) is 6.51. The molecule has 0 N–H and O–H groups in total. The summed E-state index contributed by atoms with van der Waals surface area (Å²) in [6, 6.07) is 5.44. The fourth-order valence-corrected chi connectivity index (χ4v) is 3.50. The summed E-state index contributed by atoms with van der Waals surface area (Å²) in [6.07, 6.45) is 3.83. The van der Waals surface area contributed by atoms with Crippen molar-refractivity contribution in [1.82, 2.24) is 4.90 Å². The summed E-state index contributed by atoms with van der Waals surface area (Å²) in [5.41, 5.74) is 0.569. The van der Waals surface area contributed by atoms with Crippen LogP contribution in [0.2, 0.25) is 0 Å². The molecule has 104 valence electrons. The number of likely N-dealkylation sites (tertiary alicyclic amines) is 1. The molecular formula is C14H17Br2NO2. The molecule has 1 saturated heterocycles. The number of hydrogen-bond acceptors (Lipinski definition) is 3. The maximum atomic E-state index is 11.9. The minimum atomic E-state index is -0.265. The van der Waals surface area contributed by atoms with Gasteiger partial charge in [-0.25, -0.2) is 4.79 Å². The van der Waals surface area contributed by atoms with Crippen LogP contribution in [0.1, 0.15) is 29.6 Å².